The monoisotopic (exact) mass is 571 g/mol. The van der Waals surface area contributed by atoms with Gasteiger partial charge in [0.1, 0.15) is 11.4 Å². The van der Waals surface area contributed by atoms with Gasteiger partial charge in [-0.2, -0.15) is 13.8 Å². The number of hydrogen-bond acceptors (Lipinski definition) is 8. The number of anilines is 4. The molecule has 3 heterocycles. The van der Waals surface area contributed by atoms with Crippen molar-refractivity contribution in [3.05, 3.63) is 30.0 Å². The van der Waals surface area contributed by atoms with E-state index in [1.165, 1.54) is 39.6 Å². The van der Waals surface area contributed by atoms with E-state index < -0.39 is 18.4 Å². The molecule has 2 aliphatic heterocycles. The van der Waals surface area contributed by atoms with Crippen LogP contribution < -0.4 is 25.2 Å². The molecular formula is C29H39F2N7O3. The van der Waals surface area contributed by atoms with Gasteiger partial charge in [0.05, 0.1) is 25.5 Å². The summed E-state index contributed by atoms with van der Waals surface area (Å²) >= 11 is 0. The van der Waals surface area contributed by atoms with Crippen LogP contribution >= 0.6 is 0 Å². The van der Waals surface area contributed by atoms with Gasteiger partial charge in [-0.15, -0.1) is 0 Å². The number of amides is 2. The fraction of sp³-hybridized carbons (Fsp3) is 0.586. The first-order valence-corrected chi connectivity index (χ1v) is 14.5. The van der Waals surface area contributed by atoms with Crippen LogP contribution in [0.1, 0.15) is 61.7 Å². The normalized spacial score (nSPS) is 19.6. The number of aromatic nitrogens is 2. The highest BCUT2D eigenvalue weighted by Gasteiger charge is 2.48. The molecule has 12 heteroatoms. The summed E-state index contributed by atoms with van der Waals surface area (Å²) in [6, 6.07) is 4.90. The lowest BCUT2D eigenvalue weighted by atomic mass is 10.1. The summed E-state index contributed by atoms with van der Waals surface area (Å²) in [6.07, 6.45) is 9.48. The van der Waals surface area contributed by atoms with E-state index in [4.69, 9.17) is 4.74 Å². The van der Waals surface area contributed by atoms with Crippen molar-refractivity contribution in [1.82, 2.24) is 20.2 Å². The van der Waals surface area contributed by atoms with Crippen LogP contribution in [0.25, 0.3) is 0 Å². The fourth-order valence-corrected chi connectivity index (χ4v) is 5.95. The van der Waals surface area contributed by atoms with E-state index in [9.17, 15) is 18.4 Å². The van der Waals surface area contributed by atoms with Crippen molar-refractivity contribution < 1.29 is 23.1 Å². The molecule has 1 aromatic heterocycles. The van der Waals surface area contributed by atoms with Crippen LogP contribution in [0.2, 0.25) is 0 Å². The maximum absolute atomic E-state index is 14.9. The number of nitrogens with one attached hydrogen (secondary N) is 2. The second kappa shape index (κ2) is 12.5. The first kappa shape index (κ1) is 29.0. The molecule has 0 bridgehead atoms. The van der Waals surface area contributed by atoms with Gasteiger partial charge >= 0.3 is 5.92 Å². The van der Waals surface area contributed by atoms with Crippen LogP contribution in [0, 0.1) is 0 Å². The first-order valence-electron chi connectivity index (χ1n) is 14.5. The Morgan fingerprint density at radius 1 is 1.15 bits per heavy atom. The van der Waals surface area contributed by atoms with Crippen molar-refractivity contribution in [3.8, 4) is 5.75 Å². The van der Waals surface area contributed by atoms with E-state index in [1.54, 1.807) is 23.1 Å². The zero-order valence-electron chi connectivity index (χ0n) is 23.8. The molecule has 2 fully saturated rings. The standard InChI is InChI=1S/C29H39F2N7O3/c1-36-23-18-33-28(35-25(23)38(21-9-4-5-10-21)19-29(30,31)27(36)40)34-22-12-11-20(17-24(22)41-2)26(39)32-13-8-16-37-14-6-3-7-15-37/h11-12,17-18,21H,3-10,13-16,19H2,1-2H3,(H,32,39)(H,33,34,35). The third kappa shape index (κ3) is 6.52. The number of rotatable bonds is 9. The van der Waals surface area contributed by atoms with E-state index in [-0.39, 0.29) is 23.6 Å². The molecule has 222 valence electrons. The highest BCUT2D eigenvalue weighted by atomic mass is 19.3. The highest BCUT2D eigenvalue weighted by Crippen LogP contribution is 2.40. The number of carbonyl (C=O) groups excluding carboxylic acids is 2. The number of ether oxygens (including phenoxy) is 1. The number of likely N-dealkylation sites (tertiary alicyclic amines) is 1. The number of alkyl halides is 2. The van der Waals surface area contributed by atoms with Crippen LogP contribution in [0.4, 0.5) is 31.9 Å². The molecule has 1 aromatic carbocycles. The predicted molar refractivity (Wildman–Crippen MR) is 154 cm³/mol. The SMILES string of the molecule is COc1cc(C(=O)NCCCN2CCCCC2)ccc1Nc1ncc2c(n1)N(C1CCCC1)CC(F)(F)C(=O)N2C. The molecule has 2 amide bonds. The predicted octanol–water partition coefficient (Wildman–Crippen LogP) is 4.20. The second-order valence-corrected chi connectivity index (χ2v) is 11.1. The minimum atomic E-state index is -3.54. The lowest BCUT2D eigenvalue weighted by molar-refractivity contribution is -0.140. The van der Waals surface area contributed by atoms with Gasteiger partial charge in [-0.3, -0.25) is 9.59 Å². The van der Waals surface area contributed by atoms with E-state index in [2.05, 4.69) is 25.5 Å². The number of methoxy groups -OCH3 is 1. The number of carbonyl (C=O) groups is 2. The quantitative estimate of drug-likeness (QED) is 0.432. The highest BCUT2D eigenvalue weighted by molar-refractivity contribution is 6.02. The number of nitrogens with zero attached hydrogens (tertiary/aromatic N) is 5. The Kier molecular flexibility index (Phi) is 8.86. The summed E-state index contributed by atoms with van der Waals surface area (Å²) in [5.74, 6) is -4.12. The average Bonchev–Trinajstić information content (AvgIpc) is 3.51. The van der Waals surface area contributed by atoms with Crippen molar-refractivity contribution in [2.45, 2.75) is 63.3 Å². The maximum Gasteiger partial charge on any atom is 0.342 e. The molecule has 0 spiro atoms. The summed E-state index contributed by atoms with van der Waals surface area (Å²) in [6.45, 7) is 3.11. The Morgan fingerprint density at radius 2 is 1.90 bits per heavy atom. The van der Waals surface area contributed by atoms with Crippen LogP contribution in [0.5, 0.6) is 5.75 Å². The van der Waals surface area contributed by atoms with Crippen LogP contribution in [-0.2, 0) is 4.79 Å². The lowest BCUT2D eigenvalue weighted by Crippen LogP contribution is -2.48. The molecule has 41 heavy (non-hydrogen) atoms. The Morgan fingerprint density at radius 3 is 2.63 bits per heavy atom. The van der Waals surface area contributed by atoms with E-state index >= 15 is 0 Å². The minimum absolute atomic E-state index is 0.131. The summed E-state index contributed by atoms with van der Waals surface area (Å²) in [4.78, 5) is 39.2. The van der Waals surface area contributed by atoms with Gasteiger partial charge < -0.3 is 30.1 Å². The maximum atomic E-state index is 14.9. The zero-order chi connectivity index (χ0) is 29.0. The van der Waals surface area contributed by atoms with E-state index in [0.29, 0.717) is 29.4 Å². The molecule has 10 nitrogen and oxygen atoms in total. The summed E-state index contributed by atoms with van der Waals surface area (Å²) in [7, 11) is 2.83. The Balaban J connectivity index is 1.30. The largest absolute Gasteiger partial charge is 0.495 e. The van der Waals surface area contributed by atoms with Gasteiger partial charge in [0.2, 0.25) is 5.95 Å². The molecule has 0 unspecified atom stereocenters. The Bertz CT molecular complexity index is 1250. The molecule has 2 N–H and O–H groups in total. The van der Waals surface area contributed by atoms with E-state index in [1.807, 2.05) is 0 Å². The first-order chi connectivity index (χ1) is 19.8. The van der Waals surface area contributed by atoms with Crippen molar-refractivity contribution in [1.29, 1.82) is 0 Å². The molecule has 3 aliphatic rings. The van der Waals surface area contributed by atoms with Gasteiger partial charge in [-0.1, -0.05) is 19.3 Å². The second-order valence-electron chi connectivity index (χ2n) is 11.1. The molecule has 1 aliphatic carbocycles. The van der Waals surface area contributed by atoms with Gasteiger partial charge in [0.25, 0.3) is 11.8 Å². The van der Waals surface area contributed by atoms with Gasteiger partial charge in [-0.05, 0) is 69.9 Å². The van der Waals surface area contributed by atoms with Crippen LogP contribution in [-0.4, -0.2) is 85.5 Å². The number of halogens is 2. The van der Waals surface area contributed by atoms with E-state index in [0.717, 1.165) is 56.6 Å². The van der Waals surface area contributed by atoms with Gasteiger partial charge in [0.15, 0.2) is 5.82 Å². The number of hydrogen-bond donors (Lipinski definition) is 2. The molecule has 2 aromatic rings. The number of piperidine rings is 1. The fourth-order valence-electron chi connectivity index (χ4n) is 5.95. The molecule has 0 radical (unpaired) electrons. The topological polar surface area (TPSA) is 103 Å². The minimum Gasteiger partial charge on any atom is -0.495 e. The van der Waals surface area contributed by atoms with Crippen LogP contribution in [0.3, 0.4) is 0 Å². The summed E-state index contributed by atoms with van der Waals surface area (Å²) in [5.41, 5.74) is 1.22. The van der Waals surface area contributed by atoms with Crippen molar-refractivity contribution in [3.63, 3.8) is 0 Å². The third-order valence-electron chi connectivity index (χ3n) is 8.23. The average molecular weight is 572 g/mol. The van der Waals surface area contributed by atoms with Crippen molar-refractivity contribution >= 4 is 35.0 Å². The lowest BCUT2D eigenvalue weighted by Gasteiger charge is -2.31. The molecular weight excluding hydrogens is 532 g/mol. The smallest absolute Gasteiger partial charge is 0.342 e. The molecule has 5 rings (SSSR count). The third-order valence-corrected chi connectivity index (χ3v) is 8.23. The zero-order valence-corrected chi connectivity index (χ0v) is 23.8. The summed E-state index contributed by atoms with van der Waals surface area (Å²) < 4.78 is 35.3. The number of fused-ring (bicyclic) bond motifs is 1. The van der Waals surface area contributed by atoms with Crippen LogP contribution in [0.15, 0.2) is 24.4 Å². The van der Waals surface area contributed by atoms with Gasteiger partial charge in [-0.25, -0.2) is 4.98 Å². The van der Waals surface area contributed by atoms with Crippen molar-refractivity contribution in [2.24, 2.45) is 0 Å². The summed E-state index contributed by atoms with van der Waals surface area (Å²) in [5, 5.41) is 6.08. The van der Waals surface area contributed by atoms with Gasteiger partial charge in [0, 0.05) is 25.2 Å². The molecule has 1 saturated heterocycles. The Labute approximate surface area is 239 Å². The number of benzene rings is 1. The Hall–Kier alpha value is -3.54. The molecule has 0 atom stereocenters. The molecule has 1 saturated carbocycles. The van der Waals surface area contributed by atoms with Crippen molar-refractivity contribution in [2.75, 3.05) is 62.0 Å².